The van der Waals surface area contributed by atoms with Gasteiger partial charge in [-0.15, -0.1) is 0 Å². The van der Waals surface area contributed by atoms with Gasteiger partial charge < -0.3 is 10.2 Å². The van der Waals surface area contributed by atoms with Crippen LogP contribution in [0.3, 0.4) is 0 Å². The molecule has 1 aliphatic heterocycles. The third-order valence-corrected chi connectivity index (χ3v) is 4.04. The summed E-state index contributed by atoms with van der Waals surface area (Å²) in [5.41, 5.74) is -2.13. The van der Waals surface area contributed by atoms with Gasteiger partial charge in [0.1, 0.15) is 0 Å². The Morgan fingerprint density at radius 2 is 2.07 bits per heavy atom. The molecule has 1 atom stereocenters. The maximum absolute atomic E-state index is 11.1. The van der Waals surface area contributed by atoms with Gasteiger partial charge in [0.2, 0.25) is 0 Å². The van der Waals surface area contributed by atoms with Crippen molar-refractivity contribution in [2.75, 3.05) is 13.1 Å². The van der Waals surface area contributed by atoms with Crippen LogP contribution in [-0.2, 0) is 4.79 Å². The van der Waals surface area contributed by atoms with Gasteiger partial charge in [-0.1, -0.05) is 0 Å². The summed E-state index contributed by atoms with van der Waals surface area (Å²) in [6.07, 6.45) is 2.97. The molecule has 1 saturated heterocycles. The lowest BCUT2D eigenvalue weighted by Crippen LogP contribution is -2.51. The SMILES string of the molecule is CC(C)(C(=O)O)C1(O)CCN(C2CC2)C1. The Hall–Kier alpha value is -0.610. The molecule has 0 aromatic heterocycles. The molecule has 4 heteroatoms. The van der Waals surface area contributed by atoms with E-state index in [1.807, 2.05) is 0 Å². The molecule has 2 rings (SSSR count). The van der Waals surface area contributed by atoms with Crippen LogP contribution in [0.15, 0.2) is 0 Å². The van der Waals surface area contributed by atoms with E-state index in [0.717, 1.165) is 6.54 Å². The highest BCUT2D eigenvalue weighted by Gasteiger charge is 2.54. The zero-order valence-corrected chi connectivity index (χ0v) is 9.36. The zero-order chi connectivity index (χ0) is 11.3. The van der Waals surface area contributed by atoms with Gasteiger partial charge in [-0.2, -0.15) is 0 Å². The van der Waals surface area contributed by atoms with E-state index in [1.165, 1.54) is 12.8 Å². The molecule has 15 heavy (non-hydrogen) atoms. The summed E-state index contributed by atoms with van der Waals surface area (Å²) in [7, 11) is 0. The number of hydrogen-bond donors (Lipinski definition) is 2. The minimum atomic E-state index is -1.07. The smallest absolute Gasteiger partial charge is 0.312 e. The van der Waals surface area contributed by atoms with Crippen LogP contribution < -0.4 is 0 Å². The van der Waals surface area contributed by atoms with Crippen LogP contribution in [0, 0.1) is 5.41 Å². The van der Waals surface area contributed by atoms with Crippen molar-refractivity contribution in [3.63, 3.8) is 0 Å². The van der Waals surface area contributed by atoms with E-state index in [2.05, 4.69) is 4.90 Å². The first kappa shape index (κ1) is 10.9. The summed E-state index contributed by atoms with van der Waals surface area (Å²) in [4.78, 5) is 13.4. The van der Waals surface area contributed by atoms with Crippen LogP contribution in [0.2, 0.25) is 0 Å². The third kappa shape index (κ3) is 1.66. The predicted molar refractivity (Wildman–Crippen MR) is 55.6 cm³/mol. The highest BCUT2D eigenvalue weighted by atomic mass is 16.4. The second-order valence-corrected chi connectivity index (χ2v) is 5.41. The fourth-order valence-electron chi connectivity index (χ4n) is 2.28. The Morgan fingerprint density at radius 1 is 1.47 bits per heavy atom. The molecule has 1 saturated carbocycles. The first-order valence-electron chi connectivity index (χ1n) is 5.57. The molecule has 0 amide bonds. The fourth-order valence-corrected chi connectivity index (χ4v) is 2.28. The normalized spacial score (nSPS) is 33.3. The Bertz CT molecular complexity index is 286. The van der Waals surface area contributed by atoms with E-state index < -0.39 is 17.0 Å². The summed E-state index contributed by atoms with van der Waals surface area (Å²) in [6.45, 7) is 4.58. The van der Waals surface area contributed by atoms with Gasteiger partial charge in [-0.3, -0.25) is 9.69 Å². The minimum absolute atomic E-state index is 0.511. The van der Waals surface area contributed by atoms with E-state index in [4.69, 9.17) is 5.11 Å². The quantitative estimate of drug-likeness (QED) is 0.724. The highest BCUT2D eigenvalue weighted by molar-refractivity contribution is 5.75. The van der Waals surface area contributed by atoms with Crippen LogP contribution >= 0.6 is 0 Å². The van der Waals surface area contributed by atoms with Crippen LogP contribution in [-0.4, -0.2) is 45.8 Å². The molecule has 0 spiro atoms. The average Bonchev–Trinajstić information content (AvgIpc) is 2.90. The summed E-state index contributed by atoms with van der Waals surface area (Å²) < 4.78 is 0. The Balaban J connectivity index is 2.10. The summed E-state index contributed by atoms with van der Waals surface area (Å²) in [5, 5.41) is 19.5. The number of rotatable bonds is 3. The summed E-state index contributed by atoms with van der Waals surface area (Å²) in [5.74, 6) is -0.914. The number of hydrogen-bond acceptors (Lipinski definition) is 3. The Morgan fingerprint density at radius 3 is 2.53 bits per heavy atom. The molecule has 1 heterocycles. The minimum Gasteiger partial charge on any atom is -0.481 e. The van der Waals surface area contributed by atoms with Gasteiger partial charge in [-0.25, -0.2) is 0 Å². The maximum atomic E-state index is 11.1. The molecule has 0 bridgehead atoms. The largest absolute Gasteiger partial charge is 0.481 e. The number of carboxylic acids is 1. The van der Waals surface area contributed by atoms with Crippen LogP contribution in [0.4, 0.5) is 0 Å². The molecule has 0 radical (unpaired) electrons. The number of β-amino-alcohol motifs (C(OH)–C–C–N with tert-alkyl or cyclic N) is 1. The molecule has 1 unspecified atom stereocenters. The molecule has 0 aromatic rings. The average molecular weight is 213 g/mol. The predicted octanol–water partition coefficient (Wildman–Crippen LogP) is 0.696. The van der Waals surface area contributed by atoms with Crippen molar-refractivity contribution in [1.82, 2.24) is 4.90 Å². The lowest BCUT2D eigenvalue weighted by Gasteiger charge is -2.36. The van der Waals surface area contributed by atoms with E-state index in [-0.39, 0.29) is 0 Å². The Labute approximate surface area is 89.9 Å². The molecule has 1 aliphatic carbocycles. The van der Waals surface area contributed by atoms with Gasteiger partial charge >= 0.3 is 5.97 Å². The number of likely N-dealkylation sites (tertiary alicyclic amines) is 1. The maximum Gasteiger partial charge on any atom is 0.312 e. The lowest BCUT2D eigenvalue weighted by molar-refractivity contribution is -0.163. The van der Waals surface area contributed by atoms with Crippen molar-refractivity contribution in [3.05, 3.63) is 0 Å². The molecular weight excluding hydrogens is 194 g/mol. The van der Waals surface area contributed by atoms with Gasteiger partial charge in [0.25, 0.3) is 0 Å². The molecule has 86 valence electrons. The van der Waals surface area contributed by atoms with Crippen molar-refractivity contribution >= 4 is 5.97 Å². The fraction of sp³-hybridized carbons (Fsp3) is 0.909. The molecule has 0 aromatic carbocycles. The summed E-state index contributed by atoms with van der Waals surface area (Å²) in [6, 6.07) is 0.601. The highest BCUT2D eigenvalue weighted by Crippen LogP contribution is 2.42. The Kier molecular flexibility index (Phi) is 2.32. The van der Waals surface area contributed by atoms with Crippen molar-refractivity contribution in [2.45, 2.75) is 44.8 Å². The van der Waals surface area contributed by atoms with E-state index in [1.54, 1.807) is 13.8 Å². The van der Waals surface area contributed by atoms with Crippen molar-refractivity contribution in [2.24, 2.45) is 5.41 Å². The summed E-state index contributed by atoms with van der Waals surface area (Å²) >= 11 is 0. The number of aliphatic hydroxyl groups is 1. The second-order valence-electron chi connectivity index (χ2n) is 5.41. The number of aliphatic carboxylic acids is 1. The van der Waals surface area contributed by atoms with Crippen LogP contribution in [0.1, 0.15) is 33.1 Å². The van der Waals surface area contributed by atoms with Crippen LogP contribution in [0.25, 0.3) is 0 Å². The number of carbonyl (C=O) groups is 1. The third-order valence-electron chi connectivity index (χ3n) is 4.04. The lowest BCUT2D eigenvalue weighted by atomic mass is 9.74. The van der Waals surface area contributed by atoms with Crippen molar-refractivity contribution < 1.29 is 15.0 Å². The van der Waals surface area contributed by atoms with E-state index >= 15 is 0 Å². The molecule has 2 aliphatic rings. The molecule has 2 N–H and O–H groups in total. The number of carboxylic acid groups (broad SMARTS) is 1. The van der Waals surface area contributed by atoms with E-state index in [0.29, 0.717) is 19.0 Å². The monoisotopic (exact) mass is 213 g/mol. The van der Waals surface area contributed by atoms with Gasteiger partial charge in [0.05, 0.1) is 11.0 Å². The number of nitrogens with zero attached hydrogens (tertiary/aromatic N) is 1. The van der Waals surface area contributed by atoms with Gasteiger partial charge in [-0.05, 0) is 33.1 Å². The molecule has 4 nitrogen and oxygen atoms in total. The first-order valence-corrected chi connectivity index (χ1v) is 5.57. The van der Waals surface area contributed by atoms with Crippen molar-refractivity contribution in [1.29, 1.82) is 0 Å². The van der Waals surface area contributed by atoms with E-state index in [9.17, 15) is 9.90 Å². The zero-order valence-electron chi connectivity index (χ0n) is 9.36. The molecule has 2 fully saturated rings. The standard InChI is InChI=1S/C11H19NO3/c1-10(2,9(13)14)11(15)5-6-12(7-11)8-3-4-8/h8,15H,3-7H2,1-2H3,(H,13,14). The molecular formula is C11H19NO3. The second kappa shape index (κ2) is 3.19. The van der Waals surface area contributed by atoms with Crippen molar-refractivity contribution in [3.8, 4) is 0 Å². The first-order chi connectivity index (χ1) is 6.87. The topological polar surface area (TPSA) is 60.8 Å². The van der Waals surface area contributed by atoms with Crippen LogP contribution in [0.5, 0.6) is 0 Å². The van der Waals surface area contributed by atoms with Gasteiger partial charge in [0, 0.05) is 19.1 Å². The van der Waals surface area contributed by atoms with Gasteiger partial charge in [0.15, 0.2) is 0 Å².